The van der Waals surface area contributed by atoms with Gasteiger partial charge in [0.15, 0.2) is 0 Å². The summed E-state index contributed by atoms with van der Waals surface area (Å²) in [5.41, 5.74) is 8.92. The lowest BCUT2D eigenvalue weighted by Crippen LogP contribution is -2.33. The van der Waals surface area contributed by atoms with Gasteiger partial charge in [0.1, 0.15) is 5.69 Å². The summed E-state index contributed by atoms with van der Waals surface area (Å²) in [6.07, 6.45) is 2.80. The maximum Gasteiger partial charge on any atom is 0.270 e. The van der Waals surface area contributed by atoms with Gasteiger partial charge in [0.05, 0.1) is 5.01 Å². The summed E-state index contributed by atoms with van der Waals surface area (Å²) < 4.78 is 0. The minimum absolute atomic E-state index is 0. The molecule has 1 aromatic heterocycles. The first-order valence-electron chi connectivity index (χ1n) is 8.48. The highest BCUT2D eigenvalue weighted by atomic mass is 35.5. The number of aromatic nitrogens is 1. The van der Waals surface area contributed by atoms with Crippen molar-refractivity contribution in [3.05, 3.63) is 51.5 Å². The van der Waals surface area contributed by atoms with E-state index in [4.69, 9.17) is 5.73 Å². The first kappa shape index (κ1) is 22.9. The van der Waals surface area contributed by atoms with Crippen LogP contribution in [-0.2, 0) is 19.4 Å². The van der Waals surface area contributed by atoms with Gasteiger partial charge in [0.25, 0.3) is 5.91 Å². The summed E-state index contributed by atoms with van der Waals surface area (Å²) in [5.74, 6) is -0.0847. The summed E-state index contributed by atoms with van der Waals surface area (Å²) >= 11 is 1.50. The summed E-state index contributed by atoms with van der Waals surface area (Å²) in [4.78, 5) is 18.8. The van der Waals surface area contributed by atoms with E-state index in [0.717, 1.165) is 43.9 Å². The topological polar surface area (TPSA) is 71.2 Å². The van der Waals surface area contributed by atoms with Crippen LogP contribution in [0.3, 0.4) is 0 Å². The monoisotopic (exact) mass is 416 g/mol. The van der Waals surface area contributed by atoms with Crippen molar-refractivity contribution < 1.29 is 4.79 Å². The Morgan fingerprint density at radius 2 is 2.04 bits per heavy atom. The molecule has 0 saturated heterocycles. The third-order valence-corrected chi connectivity index (χ3v) is 5.20. The second kappa shape index (κ2) is 11.5. The average Bonchev–Trinajstić information content (AvgIpc) is 3.07. The fourth-order valence-corrected chi connectivity index (χ4v) is 3.79. The van der Waals surface area contributed by atoms with Crippen molar-refractivity contribution in [1.82, 2.24) is 15.2 Å². The highest BCUT2D eigenvalue weighted by Gasteiger charge is 2.15. The van der Waals surface area contributed by atoms with Gasteiger partial charge in [-0.3, -0.25) is 9.69 Å². The number of halogens is 2. The Morgan fingerprint density at radius 3 is 2.81 bits per heavy atom. The van der Waals surface area contributed by atoms with E-state index in [1.54, 1.807) is 0 Å². The normalized spacial score (nSPS) is 13.3. The number of nitrogens with two attached hydrogens (primary N) is 1. The predicted octanol–water partition coefficient (Wildman–Crippen LogP) is 2.67. The molecule has 8 heteroatoms. The van der Waals surface area contributed by atoms with E-state index in [9.17, 15) is 4.79 Å². The molecule has 26 heavy (non-hydrogen) atoms. The molecule has 0 saturated carbocycles. The molecule has 2 heterocycles. The standard InChI is InChI=1S/C18H24N4OS.2ClH/c19-8-6-17-21-16(13-24-17)18(23)20-9-3-10-22-11-7-14-4-1-2-5-15(14)12-22;;/h1-2,4-5,13H,3,6-12,19H2,(H,20,23);2*1H. The number of fused-ring (bicyclic) bond motifs is 1. The second-order valence-corrected chi connectivity index (χ2v) is 7.01. The molecule has 0 radical (unpaired) electrons. The van der Waals surface area contributed by atoms with E-state index >= 15 is 0 Å². The summed E-state index contributed by atoms with van der Waals surface area (Å²) in [7, 11) is 0. The highest BCUT2D eigenvalue weighted by Crippen LogP contribution is 2.18. The molecule has 3 N–H and O–H groups in total. The van der Waals surface area contributed by atoms with Crippen molar-refractivity contribution in [3.63, 3.8) is 0 Å². The van der Waals surface area contributed by atoms with Gasteiger partial charge in [0, 0.05) is 38.0 Å². The fourth-order valence-electron chi connectivity index (χ4n) is 2.99. The molecule has 0 unspecified atom stereocenters. The third kappa shape index (κ3) is 6.21. The molecule has 2 aromatic rings. The van der Waals surface area contributed by atoms with E-state index < -0.39 is 0 Å². The number of nitrogens with zero attached hydrogens (tertiary/aromatic N) is 2. The van der Waals surface area contributed by atoms with Crippen LogP contribution in [0.1, 0.15) is 33.0 Å². The highest BCUT2D eigenvalue weighted by molar-refractivity contribution is 7.09. The van der Waals surface area contributed by atoms with Crippen LogP contribution >= 0.6 is 36.2 Å². The summed E-state index contributed by atoms with van der Waals surface area (Å²) in [6.45, 7) is 4.36. The molecule has 0 spiro atoms. The largest absolute Gasteiger partial charge is 0.351 e. The number of carbonyl (C=O) groups excluding carboxylic acids is 1. The molecular formula is C18H26Cl2N4OS. The molecule has 1 aliphatic rings. The maximum absolute atomic E-state index is 12.1. The van der Waals surface area contributed by atoms with E-state index in [0.29, 0.717) is 18.8 Å². The zero-order valence-corrected chi connectivity index (χ0v) is 17.1. The van der Waals surface area contributed by atoms with Gasteiger partial charge in [-0.25, -0.2) is 4.98 Å². The van der Waals surface area contributed by atoms with Gasteiger partial charge in [0.2, 0.25) is 0 Å². The molecule has 0 atom stereocenters. The van der Waals surface area contributed by atoms with E-state index in [2.05, 4.69) is 39.5 Å². The van der Waals surface area contributed by atoms with Crippen molar-refractivity contribution in [2.75, 3.05) is 26.2 Å². The number of thiazole rings is 1. The predicted molar refractivity (Wildman–Crippen MR) is 112 cm³/mol. The van der Waals surface area contributed by atoms with Gasteiger partial charge in [-0.1, -0.05) is 24.3 Å². The van der Waals surface area contributed by atoms with Crippen LogP contribution in [0.5, 0.6) is 0 Å². The molecule has 0 aliphatic carbocycles. The number of amides is 1. The number of rotatable bonds is 7. The van der Waals surface area contributed by atoms with Crippen LogP contribution in [0.25, 0.3) is 0 Å². The quantitative estimate of drug-likeness (QED) is 0.680. The Hall–Kier alpha value is -1.18. The van der Waals surface area contributed by atoms with E-state index in [-0.39, 0.29) is 30.7 Å². The first-order chi connectivity index (χ1) is 11.8. The first-order valence-corrected chi connectivity index (χ1v) is 9.36. The molecule has 5 nitrogen and oxygen atoms in total. The van der Waals surface area contributed by atoms with Crippen LogP contribution in [0.2, 0.25) is 0 Å². The number of benzene rings is 1. The van der Waals surface area contributed by atoms with Crippen LogP contribution < -0.4 is 11.1 Å². The Kier molecular flexibility index (Phi) is 10.1. The van der Waals surface area contributed by atoms with Gasteiger partial charge >= 0.3 is 0 Å². The lowest BCUT2D eigenvalue weighted by Gasteiger charge is -2.28. The Bertz CT molecular complexity index is 695. The third-order valence-electron chi connectivity index (χ3n) is 4.29. The smallest absolute Gasteiger partial charge is 0.270 e. The molecule has 1 aromatic carbocycles. The number of hydrogen-bond acceptors (Lipinski definition) is 5. The van der Waals surface area contributed by atoms with Crippen LogP contribution in [-0.4, -0.2) is 42.0 Å². The van der Waals surface area contributed by atoms with Crippen LogP contribution in [0.15, 0.2) is 29.6 Å². The minimum Gasteiger partial charge on any atom is -0.351 e. The lowest BCUT2D eigenvalue weighted by molar-refractivity contribution is 0.0947. The molecule has 3 rings (SSSR count). The number of nitrogens with one attached hydrogen (secondary N) is 1. The fraction of sp³-hybridized carbons (Fsp3) is 0.444. The zero-order valence-electron chi connectivity index (χ0n) is 14.6. The molecule has 0 fully saturated rings. The Balaban J connectivity index is 0.00000169. The summed E-state index contributed by atoms with van der Waals surface area (Å²) in [5, 5.41) is 5.69. The van der Waals surface area contributed by atoms with Crippen molar-refractivity contribution in [2.45, 2.75) is 25.8 Å². The second-order valence-electron chi connectivity index (χ2n) is 6.07. The van der Waals surface area contributed by atoms with Crippen molar-refractivity contribution in [3.8, 4) is 0 Å². The molecule has 0 bridgehead atoms. The van der Waals surface area contributed by atoms with Crippen LogP contribution in [0, 0.1) is 0 Å². The SMILES string of the molecule is Cl.Cl.NCCc1nc(C(=O)NCCCN2CCc3ccccc3C2)cs1. The number of carbonyl (C=O) groups is 1. The van der Waals surface area contributed by atoms with Crippen molar-refractivity contribution >= 4 is 42.1 Å². The van der Waals surface area contributed by atoms with Gasteiger partial charge in [-0.2, -0.15) is 0 Å². The molecule has 1 amide bonds. The minimum atomic E-state index is -0.0847. The van der Waals surface area contributed by atoms with Crippen molar-refractivity contribution in [1.29, 1.82) is 0 Å². The van der Waals surface area contributed by atoms with E-state index in [1.165, 1.54) is 22.5 Å². The Morgan fingerprint density at radius 1 is 1.27 bits per heavy atom. The number of hydrogen-bond donors (Lipinski definition) is 2. The van der Waals surface area contributed by atoms with Crippen molar-refractivity contribution in [2.24, 2.45) is 5.73 Å². The van der Waals surface area contributed by atoms with Crippen LogP contribution in [0.4, 0.5) is 0 Å². The zero-order chi connectivity index (χ0) is 16.8. The lowest BCUT2D eigenvalue weighted by atomic mass is 10.00. The average molecular weight is 417 g/mol. The molecule has 144 valence electrons. The summed E-state index contributed by atoms with van der Waals surface area (Å²) in [6, 6.07) is 8.65. The molecular weight excluding hydrogens is 391 g/mol. The van der Waals surface area contributed by atoms with Gasteiger partial charge < -0.3 is 11.1 Å². The Labute approximate surface area is 171 Å². The maximum atomic E-state index is 12.1. The van der Waals surface area contributed by atoms with Gasteiger partial charge in [-0.15, -0.1) is 36.2 Å². The molecule has 1 aliphatic heterocycles. The van der Waals surface area contributed by atoms with Gasteiger partial charge in [-0.05, 0) is 30.5 Å². The van der Waals surface area contributed by atoms with E-state index in [1.807, 2.05) is 5.38 Å².